The van der Waals surface area contributed by atoms with Gasteiger partial charge in [0.05, 0.1) is 12.5 Å². The number of carbonyl (C=O) groups excluding carboxylic acids is 1. The van der Waals surface area contributed by atoms with E-state index in [1.807, 2.05) is 6.92 Å². The number of aliphatic hydroxyl groups excluding tert-OH is 1. The van der Waals surface area contributed by atoms with Crippen molar-refractivity contribution in [3.8, 4) is 0 Å². The van der Waals surface area contributed by atoms with E-state index >= 15 is 0 Å². The zero-order chi connectivity index (χ0) is 14.4. The number of hydrogen-bond donors (Lipinski definition) is 2. The second kappa shape index (κ2) is 7.44. The molecule has 0 fully saturated rings. The summed E-state index contributed by atoms with van der Waals surface area (Å²) in [6.07, 6.45) is 6.50. The molecule has 0 saturated heterocycles. The van der Waals surface area contributed by atoms with Crippen LogP contribution in [0.25, 0.3) is 0 Å². The summed E-state index contributed by atoms with van der Waals surface area (Å²) in [5, 5.41) is 12.4. The second-order valence-corrected chi connectivity index (χ2v) is 5.73. The average Bonchev–Trinajstić information content (AvgIpc) is 2.45. The lowest BCUT2D eigenvalue weighted by molar-refractivity contribution is -0.120. The van der Waals surface area contributed by atoms with Gasteiger partial charge in [-0.2, -0.15) is 0 Å². The Balaban J connectivity index is 1.85. The first-order valence-corrected chi connectivity index (χ1v) is 7.74. The maximum absolute atomic E-state index is 11.9. The summed E-state index contributed by atoms with van der Waals surface area (Å²) < 4.78 is 0. The Morgan fingerprint density at radius 2 is 2.05 bits per heavy atom. The Hall–Kier alpha value is -1.35. The van der Waals surface area contributed by atoms with Crippen molar-refractivity contribution < 1.29 is 9.90 Å². The molecule has 1 aliphatic carbocycles. The Bertz CT molecular complexity index is 456. The van der Waals surface area contributed by atoms with Gasteiger partial charge in [0.1, 0.15) is 0 Å². The number of aryl methyl sites for hydroxylation is 2. The highest BCUT2D eigenvalue weighted by Gasteiger charge is 2.11. The van der Waals surface area contributed by atoms with Crippen LogP contribution in [0.3, 0.4) is 0 Å². The van der Waals surface area contributed by atoms with Crippen molar-refractivity contribution in [1.82, 2.24) is 5.32 Å². The highest BCUT2D eigenvalue weighted by atomic mass is 16.3. The first-order chi connectivity index (χ1) is 9.69. The van der Waals surface area contributed by atoms with Crippen molar-refractivity contribution in [3.05, 3.63) is 34.9 Å². The molecule has 0 aromatic heterocycles. The van der Waals surface area contributed by atoms with Crippen LogP contribution in [0.5, 0.6) is 0 Å². The van der Waals surface area contributed by atoms with Crippen LogP contribution in [0, 0.1) is 0 Å². The fourth-order valence-electron chi connectivity index (χ4n) is 2.81. The molecule has 0 aliphatic heterocycles. The molecule has 3 nitrogen and oxygen atoms in total. The van der Waals surface area contributed by atoms with Crippen LogP contribution in [0.15, 0.2) is 18.2 Å². The minimum Gasteiger partial charge on any atom is -0.391 e. The van der Waals surface area contributed by atoms with Gasteiger partial charge in [-0.1, -0.05) is 31.5 Å². The third kappa shape index (κ3) is 4.34. The molecule has 1 amide bonds. The van der Waals surface area contributed by atoms with Gasteiger partial charge >= 0.3 is 0 Å². The lowest BCUT2D eigenvalue weighted by Crippen LogP contribution is -2.33. The van der Waals surface area contributed by atoms with E-state index in [1.54, 1.807) is 0 Å². The molecular formula is C17H25NO2. The lowest BCUT2D eigenvalue weighted by Gasteiger charge is -2.16. The topological polar surface area (TPSA) is 49.3 Å². The third-order valence-electron chi connectivity index (χ3n) is 3.93. The summed E-state index contributed by atoms with van der Waals surface area (Å²) in [4.78, 5) is 11.9. The highest BCUT2D eigenvalue weighted by molar-refractivity contribution is 5.78. The molecule has 110 valence electrons. The largest absolute Gasteiger partial charge is 0.391 e. The summed E-state index contributed by atoms with van der Waals surface area (Å²) in [6.45, 7) is 2.38. The monoisotopic (exact) mass is 275 g/mol. The van der Waals surface area contributed by atoms with Crippen LogP contribution in [0.2, 0.25) is 0 Å². The van der Waals surface area contributed by atoms with E-state index in [4.69, 9.17) is 0 Å². The maximum atomic E-state index is 11.9. The summed E-state index contributed by atoms with van der Waals surface area (Å²) in [5.41, 5.74) is 3.93. The van der Waals surface area contributed by atoms with E-state index in [1.165, 1.54) is 30.4 Å². The number of aliphatic hydroxyl groups is 1. The van der Waals surface area contributed by atoms with E-state index in [0.717, 1.165) is 24.8 Å². The number of carbonyl (C=O) groups is 1. The van der Waals surface area contributed by atoms with Gasteiger partial charge in [0.25, 0.3) is 0 Å². The molecule has 0 saturated carbocycles. The molecule has 3 heteroatoms. The number of benzene rings is 1. The van der Waals surface area contributed by atoms with Crippen LogP contribution in [0.4, 0.5) is 0 Å². The summed E-state index contributed by atoms with van der Waals surface area (Å²) in [6, 6.07) is 6.41. The van der Waals surface area contributed by atoms with Crippen molar-refractivity contribution >= 4 is 5.91 Å². The van der Waals surface area contributed by atoms with Crippen molar-refractivity contribution in [2.45, 2.75) is 58.0 Å². The maximum Gasteiger partial charge on any atom is 0.224 e. The first kappa shape index (κ1) is 15.0. The molecule has 2 rings (SSSR count). The van der Waals surface area contributed by atoms with Crippen LogP contribution in [-0.4, -0.2) is 23.7 Å². The van der Waals surface area contributed by atoms with E-state index in [9.17, 15) is 9.90 Å². The molecule has 20 heavy (non-hydrogen) atoms. The van der Waals surface area contributed by atoms with E-state index < -0.39 is 6.10 Å². The zero-order valence-corrected chi connectivity index (χ0v) is 12.3. The van der Waals surface area contributed by atoms with Crippen molar-refractivity contribution in [2.75, 3.05) is 6.54 Å². The molecule has 1 unspecified atom stereocenters. The van der Waals surface area contributed by atoms with Gasteiger partial charge in [-0.05, 0) is 48.8 Å². The fourth-order valence-corrected chi connectivity index (χ4v) is 2.81. The standard InChI is InChI=1S/C17H25NO2/c1-2-5-16(19)12-18-17(20)11-13-8-9-14-6-3-4-7-15(14)10-13/h8-10,16,19H,2-7,11-12H2,1H3,(H,18,20). The highest BCUT2D eigenvalue weighted by Crippen LogP contribution is 2.22. The molecule has 0 radical (unpaired) electrons. The van der Waals surface area contributed by atoms with Crippen molar-refractivity contribution in [1.29, 1.82) is 0 Å². The Morgan fingerprint density at radius 3 is 2.80 bits per heavy atom. The normalized spacial score (nSPS) is 15.5. The van der Waals surface area contributed by atoms with Gasteiger partial charge in [0.15, 0.2) is 0 Å². The Labute approximate surface area is 121 Å². The van der Waals surface area contributed by atoms with E-state index in [0.29, 0.717) is 13.0 Å². The van der Waals surface area contributed by atoms with Crippen molar-refractivity contribution in [3.63, 3.8) is 0 Å². The van der Waals surface area contributed by atoms with Crippen LogP contribution in [0.1, 0.15) is 49.3 Å². The molecule has 0 spiro atoms. The molecule has 1 atom stereocenters. The minimum atomic E-state index is -0.424. The molecule has 1 aromatic rings. The SMILES string of the molecule is CCCC(O)CNC(=O)Cc1ccc2c(c1)CCCC2. The quantitative estimate of drug-likeness (QED) is 0.837. The van der Waals surface area contributed by atoms with Crippen LogP contribution >= 0.6 is 0 Å². The zero-order valence-electron chi connectivity index (χ0n) is 12.3. The molecule has 0 bridgehead atoms. The van der Waals surface area contributed by atoms with Crippen LogP contribution < -0.4 is 5.32 Å². The van der Waals surface area contributed by atoms with Gasteiger partial charge in [-0.15, -0.1) is 0 Å². The first-order valence-electron chi connectivity index (χ1n) is 7.74. The van der Waals surface area contributed by atoms with E-state index in [2.05, 4.69) is 23.5 Å². The van der Waals surface area contributed by atoms with Gasteiger partial charge in [-0.25, -0.2) is 0 Å². The number of rotatable bonds is 6. The molecular weight excluding hydrogens is 250 g/mol. The summed E-state index contributed by atoms with van der Waals surface area (Å²) in [5.74, 6) is -0.00378. The second-order valence-electron chi connectivity index (χ2n) is 5.73. The Morgan fingerprint density at radius 1 is 1.30 bits per heavy atom. The number of hydrogen-bond acceptors (Lipinski definition) is 2. The minimum absolute atomic E-state index is 0.00378. The molecule has 1 aromatic carbocycles. The van der Waals surface area contributed by atoms with Gasteiger partial charge in [0.2, 0.25) is 5.91 Å². The lowest BCUT2D eigenvalue weighted by atomic mass is 9.90. The average molecular weight is 275 g/mol. The smallest absolute Gasteiger partial charge is 0.224 e. The third-order valence-corrected chi connectivity index (χ3v) is 3.93. The van der Waals surface area contributed by atoms with Gasteiger partial charge in [0, 0.05) is 6.54 Å². The predicted octanol–water partition coefficient (Wildman–Crippen LogP) is 2.39. The summed E-state index contributed by atoms with van der Waals surface area (Å²) >= 11 is 0. The van der Waals surface area contributed by atoms with Gasteiger partial charge in [-0.3, -0.25) is 4.79 Å². The molecule has 0 heterocycles. The number of fused-ring (bicyclic) bond motifs is 1. The number of amides is 1. The van der Waals surface area contributed by atoms with Gasteiger partial charge < -0.3 is 10.4 Å². The fraction of sp³-hybridized carbons (Fsp3) is 0.588. The summed E-state index contributed by atoms with van der Waals surface area (Å²) in [7, 11) is 0. The molecule has 2 N–H and O–H groups in total. The number of nitrogens with one attached hydrogen (secondary N) is 1. The van der Waals surface area contributed by atoms with Crippen LogP contribution in [-0.2, 0) is 24.1 Å². The van der Waals surface area contributed by atoms with E-state index in [-0.39, 0.29) is 5.91 Å². The molecule has 1 aliphatic rings. The van der Waals surface area contributed by atoms with Crippen molar-refractivity contribution in [2.24, 2.45) is 0 Å². The Kier molecular flexibility index (Phi) is 5.60. The predicted molar refractivity (Wildman–Crippen MR) is 80.7 cm³/mol.